The first-order valence-electron chi connectivity index (χ1n) is 6.81. The average Bonchev–Trinajstić information content (AvgIpc) is 2.80. The molecule has 0 amide bonds. The first-order chi connectivity index (χ1) is 8.96. The zero-order valence-electron chi connectivity index (χ0n) is 10.9. The van der Waals surface area contributed by atoms with E-state index in [-0.39, 0.29) is 17.9 Å². The second-order valence-corrected chi connectivity index (χ2v) is 7.23. The number of sulfonamides is 1. The van der Waals surface area contributed by atoms with E-state index in [0.717, 1.165) is 19.3 Å². The molecular weight excluding hydrogens is 270 g/mol. The van der Waals surface area contributed by atoms with Crippen molar-refractivity contribution in [2.45, 2.75) is 50.7 Å². The van der Waals surface area contributed by atoms with Crippen molar-refractivity contribution in [3.05, 3.63) is 0 Å². The first kappa shape index (κ1) is 14.7. The fourth-order valence-electron chi connectivity index (χ4n) is 2.84. The second-order valence-electron chi connectivity index (χ2n) is 5.43. The molecule has 19 heavy (non-hydrogen) atoms. The van der Waals surface area contributed by atoms with Crippen LogP contribution in [0.1, 0.15) is 38.5 Å². The quantitative estimate of drug-likeness (QED) is 0.779. The van der Waals surface area contributed by atoms with Gasteiger partial charge in [-0.25, -0.2) is 13.1 Å². The van der Waals surface area contributed by atoms with Crippen LogP contribution in [0.4, 0.5) is 0 Å². The Morgan fingerprint density at radius 1 is 1.26 bits per heavy atom. The second kappa shape index (κ2) is 6.19. The molecule has 0 aromatic heterocycles. The summed E-state index contributed by atoms with van der Waals surface area (Å²) in [6, 6.07) is -0.249. The standard InChI is InChI=1S/C12H21NO5S/c14-12(15)9-3-1-4-10(7-9)13-19(16,17)8-11-5-2-6-18-11/h9-11,13H,1-8H2,(H,14,15). The molecule has 7 heteroatoms. The van der Waals surface area contributed by atoms with Gasteiger partial charge in [0.2, 0.25) is 10.0 Å². The molecule has 2 N–H and O–H groups in total. The van der Waals surface area contributed by atoms with Gasteiger partial charge in [0, 0.05) is 12.6 Å². The maximum Gasteiger partial charge on any atom is 0.306 e. The van der Waals surface area contributed by atoms with Crippen LogP contribution in [0.5, 0.6) is 0 Å². The molecule has 0 radical (unpaired) electrons. The molecule has 0 aromatic carbocycles. The van der Waals surface area contributed by atoms with E-state index in [1.165, 1.54) is 0 Å². The van der Waals surface area contributed by atoms with E-state index < -0.39 is 21.9 Å². The van der Waals surface area contributed by atoms with Crippen molar-refractivity contribution in [1.82, 2.24) is 4.72 Å². The number of hydrogen-bond acceptors (Lipinski definition) is 4. The summed E-state index contributed by atoms with van der Waals surface area (Å²) in [5.74, 6) is -1.27. The van der Waals surface area contributed by atoms with Gasteiger partial charge in [-0.2, -0.15) is 0 Å². The van der Waals surface area contributed by atoms with Gasteiger partial charge in [0.05, 0.1) is 17.8 Å². The number of carboxylic acids is 1. The Balaban J connectivity index is 1.86. The third-order valence-corrected chi connectivity index (χ3v) is 5.30. The number of rotatable bonds is 5. The van der Waals surface area contributed by atoms with Gasteiger partial charge < -0.3 is 9.84 Å². The van der Waals surface area contributed by atoms with E-state index in [2.05, 4.69) is 4.72 Å². The SMILES string of the molecule is O=C(O)C1CCCC(NS(=O)(=O)CC2CCCO2)C1. The summed E-state index contributed by atoms with van der Waals surface area (Å²) in [6.45, 7) is 0.630. The Labute approximate surface area is 113 Å². The number of hydrogen-bond donors (Lipinski definition) is 2. The summed E-state index contributed by atoms with van der Waals surface area (Å²) in [6.07, 6.45) is 3.97. The van der Waals surface area contributed by atoms with Crippen LogP contribution in [0.2, 0.25) is 0 Å². The molecule has 0 bridgehead atoms. The predicted octanol–water partition coefficient (Wildman–Crippen LogP) is 0.728. The van der Waals surface area contributed by atoms with Gasteiger partial charge in [-0.05, 0) is 32.1 Å². The molecular formula is C12H21NO5S. The number of ether oxygens (including phenoxy) is 1. The summed E-state index contributed by atoms with van der Waals surface area (Å²) in [4.78, 5) is 10.9. The van der Waals surface area contributed by atoms with Crippen molar-refractivity contribution < 1.29 is 23.1 Å². The number of nitrogens with one attached hydrogen (secondary N) is 1. The van der Waals surface area contributed by atoms with Crippen LogP contribution >= 0.6 is 0 Å². The maximum absolute atomic E-state index is 12.0. The Morgan fingerprint density at radius 3 is 2.68 bits per heavy atom. The minimum Gasteiger partial charge on any atom is -0.481 e. The van der Waals surface area contributed by atoms with Crippen LogP contribution < -0.4 is 4.72 Å². The molecule has 1 saturated carbocycles. The average molecular weight is 291 g/mol. The summed E-state index contributed by atoms with van der Waals surface area (Å²) in [5.41, 5.74) is 0. The highest BCUT2D eigenvalue weighted by Crippen LogP contribution is 2.25. The Morgan fingerprint density at radius 2 is 2.05 bits per heavy atom. The Bertz CT molecular complexity index is 416. The van der Waals surface area contributed by atoms with E-state index in [9.17, 15) is 13.2 Å². The lowest BCUT2D eigenvalue weighted by atomic mass is 9.86. The monoisotopic (exact) mass is 291 g/mol. The number of aliphatic carboxylic acids is 1. The first-order valence-corrected chi connectivity index (χ1v) is 8.46. The van der Waals surface area contributed by atoms with E-state index >= 15 is 0 Å². The molecule has 1 aliphatic heterocycles. The molecule has 3 atom stereocenters. The molecule has 1 heterocycles. The van der Waals surface area contributed by atoms with Crippen molar-refractivity contribution in [3.63, 3.8) is 0 Å². The van der Waals surface area contributed by atoms with Crippen LogP contribution in [0.25, 0.3) is 0 Å². The lowest BCUT2D eigenvalue weighted by Crippen LogP contribution is -2.42. The minimum absolute atomic E-state index is 0.0127. The van der Waals surface area contributed by atoms with Crippen molar-refractivity contribution >= 4 is 16.0 Å². The van der Waals surface area contributed by atoms with E-state index in [4.69, 9.17) is 9.84 Å². The highest BCUT2D eigenvalue weighted by atomic mass is 32.2. The van der Waals surface area contributed by atoms with Crippen LogP contribution in [-0.4, -0.2) is 44.0 Å². The van der Waals surface area contributed by atoms with E-state index in [1.807, 2.05) is 0 Å². The maximum atomic E-state index is 12.0. The highest BCUT2D eigenvalue weighted by molar-refractivity contribution is 7.89. The van der Waals surface area contributed by atoms with Crippen molar-refractivity contribution in [3.8, 4) is 0 Å². The molecule has 110 valence electrons. The van der Waals surface area contributed by atoms with Crippen LogP contribution in [0.15, 0.2) is 0 Å². The van der Waals surface area contributed by atoms with Crippen LogP contribution in [-0.2, 0) is 19.6 Å². The lowest BCUT2D eigenvalue weighted by molar-refractivity contribution is -0.143. The molecule has 0 aromatic rings. The summed E-state index contributed by atoms with van der Waals surface area (Å²) >= 11 is 0. The number of carboxylic acid groups (broad SMARTS) is 1. The largest absolute Gasteiger partial charge is 0.481 e. The topological polar surface area (TPSA) is 92.7 Å². The van der Waals surface area contributed by atoms with Crippen LogP contribution in [0.3, 0.4) is 0 Å². The third kappa shape index (κ3) is 4.43. The van der Waals surface area contributed by atoms with E-state index in [1.54, 1.807) is 0 Å². The summed E-state index contributed by atoms with van der Waals surface area (Å²) in [7, 11) is -3.38. The molecule has 1 aliphatic carbocycles. The zero-order chi connectivity index (χ0) is 13.9. The fraction of sp³-hybridized carbons (Fsp3) is 0.917. The highest BCUT2D eigenvalue weighted by Gasteiger charge is 2.31. The third-order valence-electron chi connectivity index (χ3n) is 3.80. The van der Waals surface area contributed by atoms with Gasteiger partial charge in [-0.15, -0.1) is 0 Å². The van der Waals surface area contributed by atoms with E-state index in [0.29, 0.717) is 25.9 Å². The summed E-state index contributed by atoms with van der Waals surface area (Å²) < 4.78 is 31.9. The van der Waals surface area contributed by atoms with Crippen molar-refractivity contribution in [1.29, 1.82) is 0 Å². The fourth-order valence-corrected chi connectivity index (χ4v) is 4.41. The van der Waals surface area contributed by atoms with Gasteiger partial charge in [0.15, 0.2) is 0 Å². The van der Waals surface area contributed by atoms with Crippen LogP contribution in [0, 0.1) is 5.92 Å². The molecule has 6 nitrogen and oxygen atoms in total. The minimum atomic E-state index is -3.38. The molecule has 3 unspecified atom stereocenters. The van der Waals surface area contributed by atoms with Crippen molar-refractivity contribution in [2.24, 2.45) is 5.92 Å². The smallest absolute Gasteiger partial charge is 0.306 e. The van der Waals surface area contributed by atoms with Gasteiger partial charge >= 0.3 is 5.97 Å². The Kier molecular flexibility index (Phi) is 4.81. The van der Waals surface area contributed by atoms with Gasteiger partial charge in [-0.3, -0.25) is 4.79 Å². The molecule has 2 fully saturated rings. The Hall–Kier alpha value is -0.660. The molecule has 2 aliphatic rings. The van der Waals surface area contributed by atoms with Crippen molar-refractivity contribution in [2.75, 3.05) is 12.4 Å². The molecule has 1 saturated heterocycles. The molecule has 2 rings (SSSR count). The van der Waals surface area contributed by atoms with Gasteiger partial charge in [0.1, 0.15) is 0 Å². The normalized spacial score (nSPS) is 32.3. The zero-order valence-corrected chi connectivity index (χ0v) is 11.7. The van der Waals surface area contributed by atoms with Gasteiger partial charge in [-0.1, -0.05) is 6.42 Å². The predicted molar refractivity (Wildman–Crippen MR) is 69.3 cm³/mol. The molecule has 0 spiro atoms. The summed E-state index contributed by atoms with van der Waals surface area (Å²) in [5, 5.41) is 8.99. The lowest BCUT2D eigenvalue weighted by Gasteiger charge is -2.27. The number of carbonyl (C=O) groups is 1. The van der Waals surface area contributed by atoms with Gasteiger partial charge in [0.25, 0.3) is 0 Å².